The fraction of sp³-hybridized carbons (Fsp3) is 0.818. The molecule has 0 N–H and O–H groups in total. The normalized spacial score (nSPS) is 25.5. The van der Waals surface area contributed by atoms with Crippen molar-refractivity contribution in [2.45, 2.75) is 19.4 Å². The average molecular weight is 258 g/mol. The Morgan fingerprint density at radius 2 is 2.35 bits per heavy atom. The van der Waals surface area contributed by atoms with Crippen LogP contribution in [-0.2, 0) is 9.53 Å². The summed E-state index contributed by atoms with van der Waals surface area (Å²) in [6, 6.07) is 0. The zero-order valence-electron chi connectivity index (χ0n) is 10.1. The van der Waals surface area contributed by atoms with Gasteiger partial charge in [-0.05, 0) is 6.42 Å². The van der Waals surface area contributed by atoms with E-state index in [1.54, 1.807) is 4.90 Å². The molecule has 2 aliphatic rings. The van der Waals surface area contributed by atoms with Crippen LogP contribution in [0.2, 0.25) is 0 Å². The van der Waals surface area contributed by atoms with Crippen LogP contribution in [0, 0.1) is 0 Å². The number of nitrogens with zero attached hydrogens (tertiary/aromatic N) is 2. The minimum atomic E-state index is 0.0265. The van der Waals surface area contributed by atoms with Gasteiger partial charge in [-0.25, -0.2) is 0 Å². The predicted molar refractivity (Wildman–Crippen MR) is 66.0 cm³/mol. The minimum absolute atomic E-state index is 0.0265. The monoisotopic (exact) mass is 258 g/mol. The number of hydrogen-bond acceptors (Lipinski definition) is 4. The van der Waals surface area contributed by atoms with Gasteiger partial charge in [0.25, 0.3) is 5.24 Å². The second-order valence-electron chi connectivity index (χ2n) is 4.28. The number of carbonyl (C=O) groups excluding carboxylic acids is 2. The van der Waals surface area contributed by atoms with E-state index in [0.717, 1.165) is 12.2 Å². The van der Waals surface area contributed by atoms with Crippen LogP contribution in [0.25, 0.3) is 0 Å². The van der Waals surface area contributed by atoms with E-state index in [2.05, 4.69) is 6.92 Å². The number of morpholine rings is 1. The van der Waals surface area contributed by atoms with E-state index >= 15 is 0 Å². The number of carbonyl (C=O) groups is 2. The van der Waals surface area contributed by atoms with Crippen LogP contribution < -0.4 is 0 Å². The highest BCUT2D eigenvalue weighted by atomic mass is 32.2. The average Bonchev–Trinajstić information content (AvgIpc) is 2.75. The van der Waals surface area contributed by atoms with Gasteiger partial charge in [-0.1, -0.05) is 18.7 Å². The molecule has 2 fully saturated rings. The quantitative estimate of drug-likeness (QED) is 0.751. The highest BCUT2D eigenvalue weighted by Gasteiger charge is 2.28. The van der Waals surface area contributed by atoms with Crippen molar-refractivity contribution in [2.75, 3.05) is 38.5 Å². The molecule has 6 heteroatoms. The standard InChI is InChI=1S/C11H18N2O3S/c1-2-9-7-12(3-5-16-9)10(14)8-13-4-6-17-11(13)15/h9H,2-8H2,1H3/t9-/m1/s1. The summed E-state index contributed by atoms with van der Waals surface area (Å²) in [5.41, 5.74) is 0. The van der Waals surface area contributed by atoms with Crippen LogP contribution >= 0.6 is 11.8 Å². The maximum absolute atomic E-state index is 12.0. The molecule has 0 aliphatic carbocycles. The molecule has 0 spiro atoms. The van der Waals surface area contributed by atoms with Crippen molar-refractivity contribution in [3.05, 3.63) is 0 Å². The van der Waals surface area contributed by atoms with E-state index in [1.807, 2.05) is 4.90 Å². The van der Waals surface area contributed by atoms with Crippen molar-refractivity contribution in [2.24, 2.45) is 0 Å². The van der Waals surface area contributed by atoms with Crippen LogP contribution in [0.4, 0.5) is 4.79 Å². The lowest BCUT2D eigenvalue weighted by Gasteiger charge is -2.33. The summed E-state index contributed by atoms with van der Waals surface area (Å²) in [5.74, 6) is 0.842. The molecular formula is C11H18N2O3S. The Kier molecular flexibility index (Phi) is 4.28. The molecule has 2 saturated heterocycles. The van der Waals surface area contributed by atoms with Gasteiger partial charge in [-0.15, -0.1) is 0 Å². The smallest absolute Gasteiger partial charge is 0.282 e. The molecule has 96 valence electrons. The molecule has 1 atom stereocenters. The van der Waals surface area contributed by atoms with Crippen molar-refractivity contribution in [1.29, 1.82) is 0 Å². The van der Waals surface area contributed by atoms with Gasteiger partial charge in [-0.2, -0.15) is 0 Å². The van der Waals surface area contributed by atoms with E-state index in [9.17, 15) is 9.59 Å². The van der Waals surface area contributed by atoms with Crippen LogP contribution in [-0.4, -0.2) is 65.6 Å². The Hall–Kier alpha value is -0.750. The highest BCUT2D eigenvalue weighted by molar-refractivity contribution is 8.13. The third-order valence-corrected chi connectivity index (χ3v) is 4.01. The van der Waals surface area contributed by atoms with Crippen molar-refractivity contribution < 1.29 is 14.3 Å². The third-order valence-electron chi connectivity index (χ3n) is 3.12. The molecule has 0 radical (unpaired) electrons. The van der Waals surface area contributed by atoms with Crippen LogP contribution in [0.15, 0.2) is 0 Å². The Bertz CT molecular complexity index is 311. The molecule has 0 saturated carbocycles. The first kappa shape index (κ1) is 12.7. The first-order chi connectivity index (χ1) is 8.20. The van der Waals surface area contributed by atoms with Crippen LogP contribution in [0.3, 0.4) is 0 Å². The number of amides is 2. The lowest BCUT2D eigenvalue weighted by atomic mass is 10.2. The fourth-order valence-electron chi connectivity index (χ4n) is 2.03. The van der Waals surface area contributed by atoms with Crippen LogP contribution in [0.1, 0.15) is 13.3 Å². The fourth-order valence-corrected chi connectivity index (χ4v) is 2.85. The summed E-state index contributed by atoms with van der Waals surface area (Å²) in [5, 5.41) is 0.0265. The third kappa shape index (κ3) is 3.13. The molecule has 17 heavy (non-hydrogen) atoms. The summed E-state index contributed by atoms with van der Waals surface area (Å²) in [4.78, 5) is 26.9. The molecule has 0 aromatic rings. The topological polar surface area (TPSA) is 49.9 Å². The lowest BCUT2D eigenvalue weighted by Crippen LogP contribution is -2.48. The largest absolute Gasteiger partial charge is 0.375 e. The SMILES string of the molecule is CC[C@@H]1CN(C(=O)CN2CCSC2=O)CCO1. The second kappa shape index (κ2) is 5.73. The highest BCUT2D eigenvalue weighted by Crippen LogP contribution is 2.17. The molecular weight excluding hydrogens is 240 g/mol. The summed E-state index contributed by atoms with van der Waals surface area (Å²) < 4.78 is 5.52. The maximum atomic E-state index is 12.0. The molecule has 2 heterocycles. The van der Waals surface area contributed by atoms with Crippen molar-refractivity contribution in [1.82, 2.24) is 9.80 Å². The van der Waals surface area contributed by atoms with Gasteiger partial charge >= 0.3 is 0 Å². The van der Waals surface area contributed by atoms with Crippen molar-refractivity contribution >= 4 is 22.9 Å². The number of hydrogen-bond donors (Lipinski definition) is 0. The van der Waals surface area contributed by atoms with Crippen molar-refractivity contribution in [3.8, 4) is 0 Å². The lowest BCUT2D eigenvalue weighted by molar-refractivity contribution is -0.139. The second-order valence-corrected chi connectivity index (χ2v) is 5.32. The Labute approximate surface area is 105 Å². The van der Waals surface area contributed by atoms with E-state index in [0.29, 0.717) is 26.2 Å². The predicted octanol–water partition coefficient (Wildman–Crippen LogP) is 0.793. The first-order valence-corrected chi connectivity index (χ1v) is 7.00. The minimum Gasteiger partial charge on any atom is -0.375 e. The summed E-state index contributed by atoms with van der Waals surface area (Å²) >= 11 is 1.29. The summed E-state index contributed by atoms with van der Waals surface area (Å²) in [6.07, 6.45) is 1.07. The maximum Gasteiger partial charge on any atom is 0.282 e. The molecule has 0 bridgehead atoms. The summed E-state index contributed by atoms with van der Waals surface area (Å²) in [6.45, 7) is 4.88. The molecule has 0 aromatic heterocycles. The molecule has 2 amide bonds. The van der Waals surface area contributed by atoms with E-state index < -0.39 is 0 Å². The first-order valence-electron chi connectivity index (χ1n) is 6.01. The van der Waals surface area contributed by atoms with E-state index in [1.165, 1.54) is 11.8 Å². The van der Waals surface area contributed by atoms with Gasteiger partial charge in [0.2, 0.25) is 5.91 Å². The van der Waals surface area contributed by atoms with Gasteiger partial charge in [0, 0.05) is 25.4 Å². The number of ether oxygens (including phenoxy) is 1. The zero-order chi connectivity index (χ0) is 12.3. The summed E-state index contributed by atoms with van der Waals surface area (Å²) in [7, 11) is 0. The van der Waals surface area contributed by atoms with Gasteiger partial charge < -0.3 is 14.5 Å². The molecule has 0 aromatic carbocycles. The van der Waals surface area contributed by atoms with E-state index in [4.69, 9.17) is 4.74 Å². The number of rotatable bonds is 3. The molecule has 0 unspecified atom stereocenters. The van der Waals surface area contributed by atoms with Gasteiger partial charge in [-0.3, -0.25) is 9.59 Å². The molecule has 2 aliphatic heterocycles. The van der Waals surface area contributed by atoms with Gasteiger partial charge in [0.05, 0.1) is 12.7 Å². The Morgan fingerprint density at radius 3 is 3.00 bits per heavy atom. The van der Waals surface area contributed by atoms with Crippen molar-refractivity contribution in [3.63, 3.8) is 0 Å². The van der Waals surface area contributed by atoms with Gasteiger partial charge in [0.1, 0.15) is 6.54 Å². The van der Waals surface area contributed by atoms with E-state index in [-0.39, 0.29) is 23.8 Å². The zero-order valence-corrected chi connectivity index (χ0v) is 10.9. The Morgan fingerprint density at radius 1 is 1.53 bits per heavy atom. The van der Waals surface area contributed by atoms with Crippen LogP contribution in [0.5, 0.6) is 0 Å². The molecule has 5 nitrogen and oxygen atoms in total. The Balaban J connectivity index is 1.84. The van der Waals surface area contributed by atoms with Gasteiger partial charge in [0.15, 0.2) is 0 Å². The molecule has 2 rings (SSSR count). The number of thioether (sulfide) groups is 1.